The van der Waals surface area contributed by atoms with Crippen LogP contribution in [0.3, 0.4) is 0 Å². The van der Waals surface area contributed by atoms with Crippen molar-refractivity contribution in [3.8, 4) is 0 Å². The molecular formula is C14H8BrFN2O. The highest BCUT2D eigenvalue weighted by molar-refractivity contribution is 9.10. The highest BCUT2D eigenvalue weighted by Gasteiger charge is 2.15. The Morgan fingerprint density at radius 1 is 1.32 bits per heavy atom. The molecule has 3 rings (SSSR count). The van der Waals surface area contributed by atoms with Gasteiger partial charge in [-0.05, 0) is 40.2 Å². The third kappa shape index (κ3) is 2.06. The number of nitrogens with one attached hydrogen (secondary N) is 1. The van der Waals surface area contributed by atoms with Crippen molar-refractivity contribution in [3.63, 3.8) is 0 Å². The molecule has 0 aliphatic rings. The maximum absolute atomic E-state index is 13.2. The highest BCUT2D eigenvalue weighted by atomic mass is 79.9. The van der Waals surface area contributed by atoms with Crippen LogP contribution in [0, 0.1) is 5.82 Å². The van der Waals surface area contributed by atoms with Gasteiger partial charge in [0.2, 0.25) is 0 Å². The van der Waals surface area contributed by atoms with E-state index in [0.717, 1.165) is 10.9 Å². The Morgan fingerprint density at radius 2 is 2.16 bits per heavy atom. The number of fused-ring (bicyclic) bond motifs is 1. The molecule has 5 heteroatoms. The van der Waals surface area contributed by atoms with Gasteiger partial charge in [0.15, 0.2) is 5.78 Å². The number of nitrogens with zero attached hydrogens (tertiary/aromatic N) is 1. The number of hydrogen-bond donors (Lipinski definition) is 1. The van der Waals surface area contributed by atoms with Gasteiger partial charge in [0.05, 0.1) is 4.47 Å². The molecule has 0 saturated carbocycles. The summed E-state index contributed by atoms with van der Waals surface area (Å²) in [7, 11) is 0. The molecule has 0 radical (unpaired) electrons. The molecular weight excluding hydrogens is 311 g/mol. The van der Waals surface area contributed by atoms with Crippen LogP contribution in [0.5, 0.6) is 0 Å². The number of carbonyl (C=O) groups is 1. The molecule has 94 valence electrons. The van der Waals surface area contributed by atoms with E-state index < -0.39 is 5.82 Å². The maximum Gasteiger partial charge on any atom is 0.195 e. The predicted octanol–water partition coefficient (Wildman–Crippen LogP) is 3.70. The van der Waals surface area contributed by atoms with Gasteiger partial charge in [-0.25, -0.2) is 4.39 Å². The molecule has 3 aromatic rings. The molecule has 0 amide bonds. The molecule has 3 nitrogen and oxygen atoms in total. The molecule has 2 heterocycles. The maximum atomic E-state index is 13.2. The lowest BCUT2D eigenvalue weighted by molar-refractivity contribution is 0.104. The zero-order valence-corrected chi connectivity index (χ0v) is 11.2. The summed E-state index contributed by atoms with van der Waals surface area (Å²) >= 11 is 3.08. The van der Waals surface area contributed by atoms with Crippen molar-refractivity contribution in [2.24, 2.45) is 0 Å². The summed E-state index contributed by atoms with van der Waals surface area (Å²) in [6.45, 7) is 0. The first-order chi connectivity index (χ1) is 9.16. The smallest absolute Gasteiger partial charge is 0.195 e. The topological polar surface area (TPSA) is 45.8 Å². The van der Waals surface area contributed by atoms with Crippen LogP contribution in [0.4, 0.5) is 4.39 Å². The molecule has 0 bridgehead atoms. The van der Waals surface area contributed by atoms with E-state index in [0.29, 0.717) is 11.1 Å². The number of hydrogen-bond acceptors (Lipinski definition) is 2. The van der Waals surface area contributed by atoms with E-state index in [2.05, 4.69) is 25.9 Å². The SMILES string of the molecule is O=C(c1ccc(F)c(Br)c1)c1c[nH]c2ccncc12. The van der Waals surface area contributed by atoms with E-state index in [1.165, 1.54) is 18.2 Å². The lowest BCUT2D eigenvalue weighted by Gasteiger charge is -2.01. The molecule has 0 unspecified atom stereocenters. The van der Waals surface area contributed by atoms with Crippen molar-refractivity contribution in [3.05, 3.63) is 64.3 Å². The Hall–Kier alpha value is -2.01. The summed E-state index contributed by atoms with van der Waals surface area (Å²) in [6.07, 6.45) is 4.94. The Kier molecular flexibility index (Phi) is 2.91. The summed E-state index contributed by atoms with van der Waals surface area (Å²) < 4.78 is 13.5. The molecule has 0 fully saturated rings. The summed E-state index contributed by atoms with van der Waals surface area (Å²) in [5.41, 5.74) is 1.80. The summed E-state index contributed by atoms with van der Waals surface area (Å²) in [6, 6.07) is 6.02. The Balaban J connectivity index is 2.11. The van der Waals surface area contributed by atoms with Crippen LogP contribution in [0.25, 0.3) is 10.9 Å². The van der Waals surface area contributed by atoms with Crippen molar-refractivity contribution >= 4 is 32.6 Å². The normalized spacial score (nSPS) is 10.8. The fourth-order valence-electron chi connectivity index (χ4n) is 1.94. The molecule has 1 N–H and O–H groups in total. The fourth-order valence-corrected chi connectivity index (χ4v) is 2.32. The van der Waals surface area contributed by atoms with Crippen molar-refractivity contribution < 1.29 is 9.18 Å². The lowest BCUT2D eigenvalue weighted by atomic mass is 10.0. The number of ketones is 1. The van der Waals surface area contributed by atoms with E-state index in [1.807, 2.05) is 0 Å². The van der Waals surface area contributed by atoms with Gasteiger partial charge < -0.3 is 4.98 Å². The Morgan fingerprint density at radius 3 is 2.95 bits per heavy atom. The second kappa shape index (κ2) is 4.59. The Labute approximate surface area is 116 Å². The van der Waals surface area contributed by atoms with Crippen LogP contribution >= 0.6 is 15.9 Å². The number of aromatic nitrogens is 2. The van der Waals surface area contributed by atoms with Gasteiger partial charge in [-0.2, -0.15) is 0 Å². The number of pyridine rings is 1. The number of benzene rings is 1. The minimum absolute atomic E-state index is 0.167. The monoisotopic (exact) mass is 318 g/mol. The van der Waals surface area contributed by atoms with Gasteiger partial charge >= 0.3 is 0 Å². The number of H-pyrrole nitrogens is 1. The van der Waals surface area contributed by atoms with Crippen LogP contribution in [0.2, 0.25) is 0 Å². The van der Waals surface area contributed by atoms with Crippen molar-refractivity contribution in [1.29, 1.82) is 0 Å². The quantitative estimate of drug-likeness (QED) is 0.732. The van der Waals surface area contributed by atoms with Crippen LogP contribution in [0.15, 0.2) is 47.3 Å². The van der Waals surface area contributed by atoms with E-state index in [-0.39, 0.29) is 10.3 Å². The van der Waals surface area contributed by atoms with Crippen LogP contribution in [0.1, 0.15) is 15.9 Å². The molecule has 1 aromatic carbocycles. The van der Waals surface area contributed by atoms with E-state index >= 15 is 0 Å². The van der Waals surface area contributed by atoms with E-state index in [1.54, 1.807) is 24.7 Å². The van der Waals surface area contributed by atoms with Gasteiger partial charge in [0.1, 0.15) is 5.82 Å². The molecule has 0 spiro atoms. The minimum atomic E-state index is -0.392. The molecule has 2 aromatic heterocycles. The Bertz CT molecular complexity index is 782. The standard InChI is InChI=1S/C14H8BrFN2O/c15-11-5-8(1-2-12(11)16)14(19)10-7-18-13-3-4-17-6-9(10)13/h1-7,18H. The number of rotatable bonds is 2. The number of aromatic amines is 1. The van der Waals surface area contributed by atoms with Gasteiger partial charge in [-0.3, -0.25) is 9.78 Å². The van der Waals surface area contributed by atoms with Crippen LogP contribution in [-0.4, -0.2) is 15.8 Å². The van der Waals surface area contributed by atoms with Crippen LogP contribution < -0.4 is 0 Å². The molecule has 0 aliphatic heterocycles. The van der Waals surface area contributed by atoms with Crippen molar-refractivity contribution in [1.82, 2.24) is 9.97 Å². The fraction of sp³-hybridized carbons (Fsp3) is 0. The van der Waals surface area contributed by atoms with Crippen molar-refractivity contribution in [2.45, 2.75) is 0 Å². The molecule has 19 heavy (non-hydrogen) atoms. The first kappa shape index (κ1) is 12.0. The number of halogens is 2. The zero-order valence-electron chi connectivity index (χ0n) is 9.65. The first-order valence-corrected chi connectivity index (χ1v) is 6.37. The average molecular weight is 319 g/mol. The van der Waals surface area contributed by atoms with Gasteiger partial charge in [-0.15, -0.1) is 0 Å². The lowest BCUT2D eigenvalue weighted by Crippen LogP contribution is -2.00. The van der Waals surface area contributed by atoms with Gasteiger partial charge in [0, 0.05) is 40.6 Å². The van der Waals surface area contributed by atoms with Gasteiger partial charge in [0.25, 0.3) is 0 Å². The highest BCUT2D eigenvalue weighted by Crippen LogP contribution is 2.23. The third-order valence-electron chi connectivity index (χ3n) is 2.91. The first-order valence-electron chi connectivity index (χ1n) is 5.57. The third-order valence-corrected chi connectivity index (χ3v) is 3.52. The zero-order chi connectivity index (χ0) is 13.4. The minimum Gasteiger partial charge on any atom is -0.360 e. The van der Waals surface area contributed by atoms with Gasteiger partial charge in [-0.1, -0.05) is 0 Å². The molecule has 0 aliphatic carbocycles. The molecule has 0 atom stereocenters. The van der Waals surface area contributed by atoms with E-state index in [4.69, 9.17) is 0 Å². The average Bonchev–Trinajstić information content (AvgIpc) is 2.85. The largest absolute Gasteiger partial charge is 0.360 e. The number of carbonyl (C=O) groups excluding carboxylic acids is 1. The van der Waals surface area contributed by atoms with Crippen molar-refractivity contribution in [2.75, 3.05) is 0 Å². The second-order valence-electron chi connectivity index (χ2n) is 4.08. The predicted molar refractivity (Wildman–Crippen MR) is 73.6 cm³/mol. The molecule has 0 saturated heterocycles. The van der Waals surface area contributed by atoms with E-state index in [9.17, 15) is 9.18 Å². The van der Waals surface area contributed by atoms with Crippen LogP contribution in [-0.2, 0) is 0 Å². The summed E-state index contributed by atoms with van der Waals surface area (Å²) in [5, 5.41) is 0.757. The summed E-state index contributed by atoms with van der Waals surface area (Å²) in [4.78, 5) is 19.4. The second-order valence-corrected chi connectivity index (χ2v) is 4.94. The summed E-state index contributed by atoms with van der Waals surface area (Å²) in [5.74, 6) is -0.558.